The van der Waals surface area contributed by atoms with E-state index in [2.05, 4.69) is 225 Å². The number of fused-ring (bicyclic) bond motifs is 4. The smallest absolute Gasteiger partial charge is 0.0465 e. The number of hydrogen-bond donors (Lipinski definition) is 0. The highest BCUT2D eigenvalue weighted by molar-refractivity contribution is 5.89. The van der Waals surface area contributed by atoms with Crippen LogP contribution < -0.4 is 4.90 Å². The maximum Gasteiger partial charge on any atom is 0.0465 e. The molecule has 1 unspecified atom stereocenters. The molecule has 0 aromatic heterocycles. The first-order valence-corrected chi connectivity index (χ1v) is 19.8. The standard InChI is InChI=1S/C55H43N/c1-55(2)53-22-11-10-21-51(53)52-34-33-48(37-54(52)55)56(47-31-27-41(28-32-47)50-20-9-8-19-49(50)40-14-4-3-5-15-40)46-29-25-39(26-30-46)43-17-12-18-44(35-43)45-24-23-38-13-6-7-16-42(38)36-45/h3-34,36-37,43H,35H2,1-2H3. The lowest BCUT2D eigenvalue weighted by Crippen LogP contribution is -2.16. The molecule has 268 valence electrons. The van der Waals surface area contributed by atoms with Crippen LogP contribution in [-0.2, 0) is 5.41 Å². The summed E-state index contributed by atoms with van der Waals surface area (Å²) in [4.78, 5) is 2.42. The van der Waals surface area contributed by atoms with E-state index in [0.29, 0.717) is 5.92 Å². The maximum absolute atomic E-state index is 2.42. The Bertz CT molecular complexity index is 2780. The number of rotatable bonds is 7. The van der Waals surface area contributed by atoms with Gasteiger partial charge < -0.3 is 4.90 Å². The van der Waals surface area contributed by atoms with Crippen molar-refractivity contribution in [3.63, 3.8) is 0 Å². The zero-order chi connectivity index (χ0) is 37.6. The van der Waals surface area contributed by atoms with Crippen molar-refractivity contribution in [2.24, 2.45) is 0 Å². The SMILES string of the molecule is CC1(C)c2ccccc2-c2ccc(N(c3ccc(-c4ccccc4-c4ccccc4)cc3)c3ccc(C4C=CC=C(c5ccc6ccccc6c5)C4)cc3)cc21. The van der Waals surface area contributed by atoms with Crippen molar-refractivity contribution >= 4 is 33.4 Å². The third-order valence-electron chi connectivity index (χ3n) is 12.1. The molecule has 0 spiro atoms. The third-order valence-corrected chi connectivity index (χ3v) is 12.1. The lowest BCUT2D eigenvalue weighted by atomic mass is 9.82. The molecule has 0 amide bonds. The van der Waals surface area contributed by atoms with E-state index in [1.54, 1.807) is 0 Å². The highest BCUT2D eigenvalue weighted by Crippen LogP contribution is 2.51. The van der Waals surface area contributed by atoms with E-state index >= 15 is 0 Å². The normalized spacial score (nSPS) is 15.2. The molecule has 0 saturated heterocycles. The van der Waals surface area contributed by atoms with E-state index in [4.69, 9.17) is 0 Å². The molecule has 1 heteroatoms. The molecule has 0 bridgehead atoms. The van der Waals surface area contributed by atoms with Gasteiger partial charge >= 0.3 is 0 Å². The van der Waals surface area contributed by atoms with Crippen LogP contribution in [0, 0.1) is 0 Å². The second kappa shape index (κ2) is 13.9. The topological polar surface area (TPSA) is 3.24 Å². The van der Waals surface area contributed by atoms with Crippen LogP contribution in [0.25, 0.3) is 49.7 Å². The number of benzene rings is 8. The van der Waals surface area contributed by atoms with Crippen LogP contribution in [0.5, 0.6) is 0 Å². The summed E-state index contributed by atoms with van der Waals surface area (Å²) >= 11 is 0. The lowest BCUT2D eigenvalue weighted by molar-refractivity contribution is 0.660. The van der Waals surface area contributed by atoms with Crippen molar-refractivity contribution in [2.45, 2.75) is 31.6 Å². The first-order valence-electron chi connectivity index (χ1n) is 19.8. The first-order chi connectivity index (χ1) is 27.5. The molecular formula is C55H43N. The third kappa shape index (κ3) is 5.97. The van der Waals surface area contributed by atoms with Gasteiger partial charge in [0.25, 0.3) is 0 Å². The van der Waals surface area contributed by atoms with Gasteiger partial charge in [-0.3, -0.25) is 0 Å². The summed E-state index contributed by atoms with van der Waals surface area (Å²) in [5.74, 6) is 0.312. The van der Waals surface area contributed by atoms with Crippen LogP contribution >= 0.6 is 0 Å². The predicted molar refractivity (Wildman–Crippen MR) is 238 cm³/mol. The van der Waals surface area contributed by atoms with Gasteiger partial charge in [0.2, 0.25) is 0 Å². The molecule has 10 rings (SSSR count). The molecule has 0 fully saturated rings. The Balaban J connectivity index is 1.01. The van der Waals surface area contributed by atoms with Crippen LogP contribution in [0.3, 0.4) is 0 Å². The Labute approximate surface area is 330 Å². The summed E-state index contributed by atoms with van der Waals surface area (Å²) < 4.78 is 0. The number of nitrogens with zero attached hydrogens (tertiary/aromatic N) is 1. The predicted octanol–water partition coefficient (Wildman–Crippen LogP) is 15.1. The van der Waals surface area contributed by atoms with Gasteiger partial charge in [-0.25, -0.2) is 0 Å². The Morgan fingerprint density at radius 1 is 0.446 bits per heavy atom. The quantitative estimate of drug-likeness (QED) is 0.159. The van der Waals surface area contributed by atoms with Crippen molar-refractivity contribution in [2.75, 3.05) is 4.90 Å². The van der Waals surface area contributed by atoms with Crippen molar-refractivity contribution in [1.82, 2.24) is 0 Å². The Morgan fingerprint density at radius 2 is 1.02 bits per heavy atom. The zero-order valence-electron chi connectivity index (χ0n) is 31.9. The van der Waals surface area contributed by atoms with Crippen molar-refractivity contribution in [3.8, 4) is 33.4 Å². The van der Waals surface area contributed by atoms with Gasteiger partial charge in [-0.1, -0.05) is 178 Å². The average Bonchev–Trinajstić information content (AvgIpc) is 3.49. The van der Waals surface area contributed by atoms with E-state index < -0.39 is 0 Å². The van der Waals surface area contributed by atoms with Crippen LogP contribution in [0.15, 0.2) is 206 Å². The molecule has 0 saturated carbocycles. The van der Waals surface area contributed by atoms with E-state index in [1.807, 2.05) is 0 Å². The fourth-order valence-electron chi connectivity index (χ4n) is 9.05. The van der Waals surface area contributed by atoms with Gasteiger partial charge in [0.15, 0.2) is 0 Å². The summed E-state index contributed by atoms with van der Waals surface area (Å²) in [6.07, 6.45) is 7.85. The van der Waals surface area contributed by atoms with Gasteiger partial charge in [-0.15, -0.1) is 0 Å². The average molecular weight is 718 g/mol. The Morgan fingerprint density at radius 3 is 1.77 bits per heavy atom. The molecular weight excluding hydrogens is 675 g/mol. The second-order valence-electron chi connectivity index (χ2n) is 15.7. The molecule has 2 aliphatic rings. The summed E-state index contributed by atoms with van der Waals surface area (Å²) in [6.45, 7) is 4.72. The molecule has 0 radical (unpaired) electrons. The number of anilines is 3. The molecule has 1 nitrogen and oxygen atoms in total. The molecule has 56 heavy (non-hydrogen) atoms. The van der Waals surface area contributed by atoms with E-state index in [0.717, 1.165) is 23.5 Å². The zero-order valence-corrected chi connectivity index (χ0v) is 31.9. The van der Waals surface area contributed by atoms with Crippen LogP contribution in [-0.4, -0.2) is 0 Å². The fourth-order valence-corrected chi connectivity index (χ4v) is 9.05. The first kappa shape index (κ1) is 33.8. The summed E-state index contributed by atoms with van der Waals surface area (Å²) in [5, 5.41) is 2.57. The highest BCUT2D eigenvalue weighted by atomic mass is 15.1. The Kier molecular flexibility index (Phi) is 8.37. The van der Waals surface area contributed by atoms with Crippen LogP contribution in [0.4, 0.5) is 17.1 Å². The van der Waals surface area contributed by atoms with Crippen LogP contribution in [0.1, 0.15) is 48.4 Å². The molecule has 1 atom stereocenters. The fraction of sp³-hybridized carbons (Fsp3) is 0.0909. The van der Waals surface area contributed by atoms with E-state index in [-0.39, 0.29) is 5.41 Å². The van der Waals surface area contributed by atoms with Gasteiger partial charge in [-0.2, -0.15) is 0 Å². The summed E-state index contributed by atoms with van der Waals surface area (Å²) in [6, 6.07) is 69.2. The van der Waals surface area contributed by atoms with Crippen molar-refractivity contribution in [1.29, 1.82) is 0 Å². The lowest BCUT2D eigenvalue weighted by Gasteiger charge is -2.29. The van der Waals surface area contributed by atoms with Crippen molar-refractivity contribution in [3.05, 3.63) is 229 Å². The molecule has 0 heterocycles. The van der Waals surface area contributed by atoms with Gasteiger partial charge in [-0.05, 0) is 121 Å². The highest BCUT2D eigenvalue weighted by Gasteiger charge is 2.35. The number of allylic oxidation sites excluding steroid dienone is 4. The summed E-state index contributed by atoms with van der Waals surface area (Å²) in [7, 11) is 0. The minimum atomic E-state index is -0.0912. The van der Waals surface area contributed by atoms with Gasteiger partial charge in [0, 0.05) is 28.4 Å². The molecule has 2 aliphatic carbocycles. The maximum atomic E-state index is 2.42. The largest absolute Gasteiger partial charge is 0.310 e. The molecule has 8 aromatic carbocycles. The van der Waals surface area contributed by atoms with Crippen molar-refractivity contribution < 1.29 is 0 Å². The molecule has 0 aliphatic heterocycles. The van der Waals surface area contributed by atoms with Gasteiger partial charge in [0.1, 0.15) is 0 Å². The number of hydrogen-bond acceptors (Lipinski definition) is 1. The van der Waals surface area contributed by atoms with E-state index in [1.165, 1.54) is 72.0 Å². The monoisotopic (exact) mass is 717 g/mol. The van der Waals surface area contributed by atoms with Crippen LogP contribution in [0.2, 0.25) is 0 Å². The van der Waals surface area contributed by atoms with Gasteiger partial charge in [0.05, 0.1) is 0 Å². The molecule has 0 N–H and O–H groups in total. The summed E-state index contributed by atoms with van der Waals surface area (Å²) in [5.41, 5.74) is 17.7. The second-order valence-corrected chi connectivity index (χ2v) is 15.7. The molecule has 8 aromatic rings. The Hall–Kier alpha value is -6.70. The minimum absolute atomic E-state index is 0.0912. The minimum Gasteiger partial charge on any atom is -0.310 e. The van der Waals surface area contributed by atoms with E-state index in [9.17, 15) is 0 Å².